The highest BCUT2D eigenvalue weighted by Gasteiger charge is 2.33. The number of carbonyl (C=O) groups excluding carboxylic acids is 1. The summed E-state index contributed by atoms with van der Waals surface area (Å²) in [4.78, 5) is 12.1. The topological polar surface area (TPSA) is 73.1 Å². The molecule has 1 aromatic carbocycles. The first-order valence-corrected chi connectivity index (χ1v) is 6.07. The number of nitrogens with zero attached hydrogens (tertiary/aromatic N) is 1. The fourth-order valence-corrected chi connectivity index (χ4v) is 1.80. The highest BCUT2D eigenvalue weighted by atomic mass is 19.4. The van der Waals surface area contributed by atoms with Gasteiger partial charge in [0, 0.05) is 17.1 Å². The Morgan fingerprint density at radius 2 is 2.14 bits per heavy atom. The van der Waals surface area contributed by atoms with Gasteiger partial charge in [-0.3, -0.25) is 4.79 Å². The van der Waals surface area contributed by atoms with Crippen LogP contribution < -0.4 is 5.32 Å². The molecule has 0 aromatic heterocycles. The number of allylic oxidation sites excluding steroid dienone is 1. The molecule has 2 N–H and O–H groups in total. The summed E-state index contributed by atoms with van der Waals surface area (Å²) in [6, 6.07) is 4.12. The van der Waals surface area contributed by atoms with Gasteiger partial charge in [-0.05, 0) is 43.4 Å². The lowest BCUT2D eigenvalue weighted by Crippen LogP contribution is -2.16. The Bertz CT molecular complexity index is 830. The molecule has 7 heteroatoms. The Labute approximate surface area is 130 Å². The van der Waals surface area contributed by atoms with Crippen molar-refractivity contribution in [1.82, 2.24) is 0 Å². The number of anilines is 1. The second kappa shape index (κ2) is 5.72. The van der Waals surface area contributed by atoms with Crippen LogP contribution in [-0.4, -0.2) is 11.0 Å². The molecule has 1 fully saturated rings. The average Bonchev–Trinajstić information content (AvgIpc) is 2.87. The van der Waals surface area contributed by atoms with Crippen LogP contribution in [0.2, 0.25) is 0 Å². The Hall–Kier alpha value is -2.49. The lowest BCUT2D eigenvalue weighted by molar-refractivity contribution is -0.138. The first kappa shape index (κ1) is 11.1. The van der Waals surface area contributed by atoms with Crippen molar-refractivity contribution < 1.29 is 28.6 Å². The molecule has 1 aromatic rings. The molecular weight excluding hydrogens is 297 g/mol. The van der Waals surface area contributed by atoms with E-state index in [0.29, 0.717) is 0 Å². The van der Waals surface area contributed by atoms with Crippen LogP contribution in [0.1, 0.15) is 29.4 Å². The number of halogens is 3. The molecule has 0 spiro atoms. The van der Waals surface area contributed by atoms with Crippen LogP contribution in [0.4, 0.5) is 18.9 Å². The summed E-state index contributed by atoms with van der Waals surface area (Å²) in [6.45, 7) is 1.18. The number of benzene rings is 1. The van der Waals surface area contributed by atoms with Crippen LogP contribution in [0.15, 0.2) is 29.5 Å². The minimum atomic E-state index is -4.56. The number of aliphatic hydroxyl groups is 1. The summed E-state index contributed by atoms with van der Waals surface area (Å²) in [5.74, 6) is -3.89. The number of rotatable bonds is 3. The Kier molecular flexibility index (Phi) is 2.89. The summed E-state index contributed by atoms with van der Waals surface area (Å²) < 4.78 is 67.9. The van der Waals surface area contributed by atoms with Crippen LogP contribution in [0.25, 0.3) is 0 Å². The van der Waals surface area contributed by atoms with Crippen LogP contribution in [-0.2, 0) is 11.0 Å². The SMILES string of the molecule is [2H]C1([2H])C(/C(O)=C(\C#N)C(=O)Nc2ccc(C(F)(F)F)c(C)c2)C1([2H])[2H]. The van der Waals surface area contributed by atoms with E-state index in [1.807, 2.05) is 0 Å². The van der Waals surface area contributed by atoms with Crippen molar-refractivity contribution in [3.8, 4) is 6.07 Å². The zero-order valence-corrected chi connectivity index (χ0v) is 11.2. The van der Waals surface area contributed by atoms with Gasteiger partial charge in [-0.15, -0.1) is 0 Å². The quantitative estimate of drug-likeness (QED) is 0.507. The molecule has 0 saturated heterocycles. The molecule has 0 bridgehead atoms. The van der Waals surface area contributed by atoms with E-state index in [1.165, 1.54) is 13.0 Å². The monoisotopic (exact) mass is 314 g/mol. The molecule has 0 radical (unpaired) electrons. The smallest absolute Gasteiger partial charge is 0.416 e. The van der Waals surface area contributed by atoms with Crippen LogP contribution in [0.3, 0.4) is 0 Å². The van der Waals surface area contributed by atoms with Gasteiger partial charge in [-0.25, -0.2) is 0 Å². The first-order valence-electron chi connectivity index (χ1n) is 8.07. The average molecular weight is 314 g/mol. The number of nitrogens with one attached hydrogen (secondary N) is 1. The van der Waals surface area contributed by atoms with Gasteiger partial charge in [0.1, 0.15) is 11.8 Å². The summed E-state index contributed by atoms with van der Waals surface area (Å²) in [7, 11) is 0. The number of hydrogen-bond donors (Lipinski definition) is 2. The number of hydrogen-bond acceptors (Lipinski definition) is 3. The molecular formula is C15H13F3N2O2. The number of carbonyl (C=O) groups is 1. The first-order chi connectivity index (χ1) is 11.7. The van der Waals surface area contributed by atoms with Gasteiger partial charge >= 0.3 is 6.18 Å². The van der Waals surface area contributed by atoms with E-state index in [4.69, 9.17) is 10.7 Å². The standard InChI is InChI=1S/C15H13F3N2O2/c1-8-6-10(4-5-12(8)15(16,17)18)20-14(22)11(7-19)13(21)9-2-3-9/h4-6,9,21H,2-3H2,1H3,(H,20,22)/b13-11-/i2D2,3D2. The van der Waals surface area contributed by atoms with Gasteiger partial charge in [-0.1, -0.05) is 0 Å². The highest BCUT2D eigenvalue weighted by Crippen LogP contribution is 2.37. The molecule has 1 aliphatic carbocycles. The molecule has 0 unspecified atom stereocenters. The predicted octanol–water partition coefficient (Wildman–Crippen LogP) is 3.70. The molecule has 1 aliphatic rings. The van der Waals surface area contributed by atoms with Crippen LogP contribution in [0.5, 0.6) is 0 Å². The van der Waals surface area contributed by atoms with Gasteiger partial charge in [0.25, 0.3) is 5.91 Å². The lowest BCUT2D eigenvalue weighted by atomic mass is 10.1. The van der Waals surface area contributed by atoms with E-state index in [1.54, 1.807) is 0 Å². The minimum absolute atomic E-state index is 0.0668. The van der Waals surface area contributed by atoms with Gasteiger partial charge in [-0.2, -0.15) is 18.4 Å². The predicted molar refractivity (Wildman–Crippen MR) is 72.8 cm³/mol. The van der Waals surface area contributed by atoms with E-state index in [-0.39, 0.29) is 11.3 Å². The number of alkyl halides is 3. The Morgan fingerprint density at radius 3 is 2.59 bits per heavy atom. The second-order valence-electron chi connectivity index (χ2n) is 4.58. The molecule has 0 heterocycles. The molecule has 116 valence electrons. The van der Waals surface area contributed by atoms with Crippen molar-refractivity contribution in [2.24, 2.45) is 5.92 Å². The van der Waals surface area contributed by atoms with Gasteiger partial charge < -0.3 is 10.4 Å². The minimum Gasteiger partial charge on any atom is -0.510 e. The van der Waals surface area contributed by atoms with E-state index in [2.05, 4.69) is 5.32 Å². The van der Waals surface area contributed by atoms with E-state index in [0.717, 1.165) is 18.2 Å². The maximum atomic E-state index is 12.7. The largest absolute Gasteiger partial charge is 0.510 e. The zero-order valence-electron chi connectivity index (χ0n) is 15.2. The molecule has 22 heavy (non-hydrogen) atoms. The molecule has 4 nitrogen and oxygen atoms in total. The molecule has 1 amide bonds. The van der Waals surface area contributed by atoms with Crippen LogP contribution in [0, 0.1) is 24.2 Å². The van der Waals surface area contributed by atoms with Crippen LogP contribution >= 0.6 is 0 Å². The molecule has 0 atom stereocenters. The normalized spacial score (nSPS) is 23.0. The third-order valence-electron chi connectivity index (χ3n) is 2.95. The highest BCUT2D eigenvalue weighted by molar-refractivity contribution is 6.07. The fraction of sp³-hybridized carbons (Fsp3) is 0.333. The van der Waals surface area contributed by atoms with E-state index >= 15 is 0 Å². The maximum Gasteiger partial charge on any atom is 0.416 e. The molecule has 2 rings (SSSR count). The second-order valence-corrected chi connectivity index (χ2v) is 4.58. The van der Waals surface area contributed by atoms with Crippen molar-refractivity contribution in [3.05, 3.63) is 40.7 Å². The van der Waals surface area contributed by atoms with Crippen molar-refractivity contribution in [2.45, 2.75) is 25.8 Å². The van der Waals surface area contributed by atoms with Crippen molar-refractivity contribution in [3.63, 3.8) is 0 Å². The van der Waals surface area contributed by atoms with E-state index in [9.17, 15) is 23.1 Å². The zero-order chi connectivity index (χ0) is 20.1. The number of aryl methyl sites for hydroxylation is 1. The van der Waals surface area contributed by atoms with Crippen molar-refractivity contribution in [1.29, 1.82) is 5.26 Å². The Morgan fingerprint density at radius 1 is 1.50 bits per heavy atom. The summed E-state index contributed by atoms with van der Waals surface area (Å²) in [6.07, 6.45) is -9.44. The third kappa shape index (κ3) is 3.39. The third-order valence-corrected chi connectivity index (χ3v) is 2.95. The molecule has 0 aliphatic heterocycles. The van der Waals surface area contributed by atoms with Crippen molar-refractivity contribution in [2.75, 3.05) is 5.32 Å². The number of amides is 1. The maximum absolute atomic E-state index is 12.7. The van der Waals surface area contributed by atoms with Gasteiger partial charge in [0.05, 0.1) is 5.56 Å². The Balaban J connectivity index is 2.28. The summed E-state index contributed by atoms with van der Waals surface area (Å²) in [5.41, 5.74) is -2.04. The van der Waals surface area contributed by atoms with E-state index < -0.39 is 47.6 Å². The summed E-state index contributed by atoms with van der Waals surface area (Å²) in [5, 5.41) is 21.1. The van der Waals surface area contributed by atoms with Gasteiger partial charge in [0.2, 0.25) is 0 Å². The molecule has 1 saturated carbocycles. The van der Waals surface area contributed by atoms with Gasteiger partial charge in [0.15, 0.2) is 5.57 Å². The number of aliphatic hydroxyl groups excluding tert-OH is 1. The van der Waals surface area contributed by atoms with Crippen molar-refractivity contribution >= 4 is 11.6 Å². The lowest BCUT2D eigenvalue weighted by Gasteiger charge is -2.12. The fourth-order valence-electron chi connectivity index (χ4n) is 1.80. The summed E-state index contributed by atoms with van der Waals surface area (Å²) >= 11 is 0. The number of nitriles is 1.